The van der Waals surface area contributed by atoms with Gasteiger partial charge in [0.1, 0.15) is 6.61 Å². The molecule has 6 nitrogen and oxygen atoms in total. The number of rotatable bonds is 8. The van der Waals surface area contributed by atoms with Gasteiger partial charge >= 0.3 is 0 Å². The number of benzene rings is 3. The molecule has 1 aliphatic rings. The fraction of sp³-hybridized carbons (Fsp3) is 0.115. The summed E-state index contributed by atoms with van der Waals surface area (Å²) >= 11 is 12.5. The van der Waals surface area contributed by atoms with Crippen LogP contribution in [0.5, 0.6) is 11.5 Å². The van der Waals surface area contributed by atoms with E-state index in [0.717, 1.165) is 30.3 Å². The van der Waals surface area contributed by atoms with Gasteiger partial charge in [-0.05, 0) is 76.3 Å². The number of hydrogen-bond acceptors (Lipinski definition) is 6. The second-order valence-electron chi connectivity index (χ2n) is 7.61. The number of hydrogen-bond donors (Lipinski definition) is 0. The summed E-state index contributed by atoms with van der Waals surface area (Å²) in [5.74, 6) is 0.194. The fourth-order valence-electron chi connectivity index (χ4n) is 3.39. The van der Waals surface area contributed by atoms with E-state index < -0.39 is 11.1 Å². The van der Waals surface area contributed by atoms with Crippen LogP contribution in [0.25, 0.3) is 6.08 Å². The van der Waals surface area contributed by atoms with Crippen LogP contribution in [0.3, 0.4) is 0 Å². The van der Waals surface area contributed by atoms with Crippen LogP contribution >= 0.6 is 61.9 Å². The molecule has 1 aliphatic heterocycles. The highest BCUT2D eigenvalue weighted by Crippen LogP contribution is 2.38. The van der Waals surface area contributed by atoms with Gasteiger partial charge in [0.05, 0.1) is 22.1 Å². The molecule has 3 aromatic carbocycles. The van der Waals surface area contributed by atoms with Gasteiger partial charge in [-0.15, -0.1) is 0 Å². The lowest BCUT2D eigenvalue weighted by Crippen LogP contribution is -2.33. The summed E-state index contributed by atoms with van der Waals surface area (Å²) in [6.07, 6.45) is 1.61. The molecule has 1 heterocycles. The van der Waals surface area contributed by atoms with Gasteiger partial charge in [-0.1, -0.05) is 57.9 Å². The Hall–Kier alpha value is -2.34. The molecule has 0 bridgehead atoms. The average molecular weight is 699 g/mol. The number of imide groups is 1. The van der Waals surface area contributed by atoms with E-state index in [1.165, 1.54) is 7.11 Å². The second kappa shape index (κ2) is 11.8. The maximum atomic E-state index is 12.9. The zero-order valence-electron chi connectivity index (χ0n) is 18.8. The van der Waals surface area contributed by atoms with Gasteiger partial charge in [0, 0.05) is 20.6 Å². The van der Waals surface area contributed by atoms with Gasteiger partial charge < -0.3 is 9.47 Å². The van der Waals surface area contributed by atoms with Crippen LogP contribution in [-0.4, -0.2) is 35.5 Å². The predicted octanol–water partition coefficient (Wildman–Crippen LogP) is 7.21. The van der Waals surface area contributed by atoms with Gasteiger partial charge in [-0.3, -0.25) is 19.3 Å². The maximum absolute atomic E-state index is 12.9. The molecule has 2 amide bonds. The van der Waals surface area contributed by atoms with Crippen molar-refractivity contribution in [2.45, 2.75) is 6.61 Å². The zero-order chi connectivity index (χ0) is 25.8. The number of Topliss-reactive ketones (excluding diaryl/α,β-unsaturated/α-hetero) is 1. The molecule has 1 saturated heterocycles. The molecule has 0 aromatic heterocycles. The maximum Gasteiger partial charge on any atom is 0.293 e. The van der Waals surface area contributed by atoms with E-state index in [1.54, 1.807) is 42.5 Å². The molecular formula is C26H18BrClINO5S. The van der Waals surface area contributed by atoms with Crippen LogP contribution in [0, 0.1) is 3.57 Å². The third-order valence-corrected chi connectivity index (χ3v) is 7.83. The Balaban J connectivity index is 1.51. The molecule has 184 valence electrons. The van der Waals surface area contributed by atoms with Crippen LogP contribution in [0.2, 0.25) is 5.02 Å². The SMILES string of the molecule is COc1cc(/C=C2/SC(=O)N(CC(=O)c3ccc(Br)cc3)C2=O)cc(I)c1OCc1ccccc1Cl. The third kappa shape index (κ3) is 6.13. The van der Waals surface area contributed by atoms with E-state index in [-0.39, 0.29) is 23.8 Å². The minimum absolute atomic E-state index is 0.228. The van der Waals surface area contributed by atoms with Crippen molar-refractivity contribution in [1.29, 1.82) is 0 Å². The summed E-state index contributed by atoms with van der Waals surface area (Å²) in [6, 6.07) is 17.7. The molecule has 10 heteroatoms. The first-order valence-electron chi connectivity index (χ1n) is 10.5. The molecule has 0 saturated carbocycles. The number of carbonyl (C=O) groups excluding carboxylic acids is 3. The highest BCUT2D eigenvalue weighted by Gasteiger charge is 2.36. The van der Waals surface area contributed by atoms with E-state index in [0.29, 0.717) is 27.6 Å². The highest BCUT2D eigenvalue weighted by molar-refractivity contribution is 14.1. The summed E-state index contributed by atoms with van der Waals surface area (Å²) in [5, 5.41) is 0.121. The van der Waals surface area contributed by atoms with Crippen LogP contribution in [0.15, 0.2) is 70.0 Å². The fourth-order valence-corrected chi connectivity index (χ4v) is 5.46. The van der Waals surface area contributed by atoms with Crippen LogP contribution in [-0.2, 0) is 11.4 Å². The van der Waals surface area contributed by atoms with Crippen LogP contribution in [0.4, 0.5) is 4.79 Å². The average Bonchev–Trinajstić information content (AvgIpc) is 3.11. The summed E-state index contributed by atoms with van der Waals surface area (Å²) < 4.78 is 13.1. The first-order chi connectivity index (χ1) is 17.3. The Bertz CT molecular complexity index is 1380. The van der Waals surface area contributed by atoms with Crippen molar-refractivity contribution in [3.8, 4) is 11.5 Å². The van der Waals surface area contributed by atoms with Crippen molar-refractivity contribution in [2.75, 3.05) is 13.7 Å². The molecule has 0 aliphatic carbocycles. The van der Waals surface area contributed by atoms with Gasteiger partial charge in [0.15, 0.2) is 17.3 Å². The Morgan fingerprint density at radius 2 is 1.86 bits per heavy atom. The van der Waals surface area contributed by atoms with Crippen LogP contribution < -0.4 is 9.47 Å². The van der Waals surface area contributed by atoms with Gasteiger partial charge in [-0.25, -0.2) is 0 Å². The summed E-state index contributed by atoms with van der Waals surface area (Å²) in [5.41, 5.74) is 1.92. The molecule has 3 aromatic rings. The van der Waals surface area contributed by atoms with E-state index in [2.05, 4.69) is 38.5 Å². The van der Waals surface area contributed by atoms with Crippen molar-refractivity contribution in [2.24, 2.45) is 0 Å². The number of nitrogens with zero attached hydrogens (tertiary/aromatic N) is 1. The molecule has 0 atom stereocenters. The predicted molar refractivity (Wildman–Crippen MR) is 153 cm³/mol. The number of ketones is 1. The minimum Gasteiger partial charge on any atom is -0.493 e. The Labute approximate surface area is 239 Å². The Kier molecular flexibility index (Phi) is 8.76. The lowest BCUT2D eigenvalue weighted by molar-refractivity contribution is -0.122. The smallest absolute Gasteiger partial charge is 0.293 e. The van der Waals surface area contributed by atoms with Crippen molar-refractivity contribution in [1.82, 2.24) is 4.90 Å². The van der Waals surface area contributed by atoms with Crippen LogP contribution in [0.1, 0.15) is 21.5 Å². The number of ether oxygens (including phenoxy) is 2. The topological polar surface area (TPSA) is 72.9 Å². The van der Waals surface area contributed by atoms with Crippen molar-refractivity contribution in [3.05, 3.63) is 95.3 Å². The highest BCUT2D eigenvalue weighted by atomic mass is 127. The molecule has 0 radical (unpaired) electrons. The number of methoxy groups -OCH3 is 1. The number of carbonyl (C=O) groups is 3. The minimum atomic E-state index is -0.511. The molecule has 0 unspecified atom stereocenters. The molecule has 0 N–H and O–H groups in total. The van der Waals surface area contributed by atoms with Crippen molar-refractivity contribution >= 4 is 84.9 Å². The van der Waals surface area contributed by atoms with E-state index in [9.17, 15) is 14.4 Å². The van der Waals surface area contributed by atoms with Gasteiger partial charge in [0.25, 0.3) is 11.1 Å². The number of amides is 2. The number of halogens is 3. The largest absolute Gasteiger partial charge is 0.493 e. The normalized spacial score (nSPS) is 14.4. The zero-order valence-corrected chi connectivity index (χ0v) is 24.1. The molecule has 36 heavy (non-hydrogen) atoms. The summed E-state index contributed by atoms with van der Waals surface area (Å²) in [6.45, 7) is -0.0595. The van der Waals surface area contributed by atoms with Gasteiger partial charge in [-0.2, -0.15) is 0 Å². The lowest BCUT2D eigenvalue weighted by atomic mass is 10.1. The quantitative estimate of drug-likeness (QED) is 0.141. The van der Waals surface area contributed by atoms with E-state index >= 15 is 0 Å². The summed E-state index contributed by atoms with van der Waals surface area (Å²) in [4.78, 5) is 39.2. The molecule has 4 rings (SSSR count). The standard InChI is InChI=1S/C26H18BrClINO5S/c1-34-22-11-15(10-20(29)24(22)35-14-17-4-2-3-5-19(17)28)12-23-25(32)30(26(33)36-23)13-21(31)16-6-8-18(27)9-7-16/h2-12H,13-14H2,1H3/b23-12+. The van der Waals surface area contributed by atoms with E-state index in [4.69, 9.17) is 21.1 Å². The monoisotopic (exact) mass is 697 g/mol. The Morgan fingerprint density at radius 1 is 1.14 bits per heavy atom. The first kappa shape index (κ1) is 26.7. The second-order valence-corrected chi connectivity index (χ2v) is 11.1. The number of thioether (sulfide) groups is 1. The third-order valence-electron chi connectivity index (χ3n) is 5.22. The lowest BCUT2D eigenvalue weighted by Gasteiger charge is -2.14. The molecular weight excluding hydrogens is 681 g/mol. The van der Waals surface area contributed by atoms with Crippen molar-refractivity contribution < 1.29 is 23.9 Å². The van der Waals surface area contributed by atoms with E-state index in [1.807, 2.05) is 24.3 Å². The molecule has 0 spiro atoms. The van der Waals surface area contributed by atoms with Crippen molar-refractivity contribution in [3.63, 3.8) is 0 Å². The first-order valence-corrected chi connectivity index (χ1v) is 13.6. The Morgan fingerprint density at radius 3 is 2.56 bits per heavy atom. The molecule has 1 fully saturated rings. The van der Waals surface area contributed by atoms with Gasteiger partial charge in [0.2, 0.25) is 0 Å². The summed E-state index contributed by atoms with van der Waals surface area (Å²) in [7, 11) is 1.53.